The first kappa shape index (κ1) is 33.8. The summed E-state index contributed by atoms with van der Waals surface area (Å²) in [4.78, 5) is 0. The van der Waals surface area contributed by atoms with Gasteiger partial charge in [-0.1, -0.05) is 106 Å². The van der Waals surface area contributed by atoms with E-state index in [1.807, 2.05) is 0 Å². The molecule has 2 radical (unpaired) electrons. The molecule has 0 fully saturated rings. The van der Waals surface area contributed by atoms with Crippen molar-refractivity contribution in [1.29, 1.82) is 0 Å². The van der Waals surface area contributed by atoms with E-state index in [2.05, 4.69) is 61.3 Å². The molecule has 0 heterocycles. The molecule has 0 aromatic carbocycles. The molecular formula is C22H46Y2-2. The van der Waals surface area contributed by atoms with Crippen LogP contribution >= 0.6 is 0 Å². The molecule has 0 aromatic rings. The zero-order chi connectivity index (χ0) is 17.2. The molecule has 0 bridgehead atoms. The van der Waals surface area contributed by atoms with Gasteiger partial charge in [0.1, 0.15) is 0 Å². The fourth-order valence-corrected chi connectivity index (χ4v) is 3.19. The van der Waals surface area contributed by atoms with Gasteiger partial charge in [-0.15, -0.1) is 0 Å². The Bertz CT molecular complexity index is 176. The SMILES string of the molecule is CCCC([CH-]C(CC)CCC)CC.CC[CH-]C(CC)CCC.[Y].[Y]. The smallest absolute Gasteiger partial charge is 0 e. The first-order valence-corrected chi connectivity index (χ1v) is 10.3. The summed E-state index contributed by atoms with van der Waals surface area (Å²) in [7, 11) is 0. The van der Waals surface area contributed by atoms with Crippen LogP contribution in [0.25, 0.3) is 0 Å². The van der Waals surface area contributed by atoms with Crippen LogP contribution in [-0.4, -0.2) is 0 Å². The molecule has 0 nitrogen and oxygen atoms in total. The quantitative estimate of drug-likeness (QED) is 0.229. The zero-order valence-corrected chi connectivity index (χ0v) is 23.8. The molecule has 3 unspecified atom stereocenters. The number of hydrogen-bond acceptors (Lipinski definition) is 0. The minimum absolute atomic E-state index is 0. The van der Waals surface area contributed by atoms with Gasteiger partial charge in [0.25, 0.3) is 0 Å². The van der Waals surface area contributed by atoms with Crippen LogP contribution < -0.4 is 0 Å². The average molecular weight is 488 g/mol. The predicted octanol–water partition coefficient (Wildman–Crippen LogP) is 8.27. The van der Waals surface area contributed by atoms with Crippen LogP contribution in [0.5, 0.6) is 0 Å². The van der Waals surface area contributed by atoms with Crippen LogP contribution in [0, 0.1) is 30.6 Å². The third kappa shape index (κ3) is 22.2. The molecule has 2 heteroatoms. The van der Waals surface area contributed by atoms with Gasteiger partial charge in [0, 0.05) is 65.4 Å². The number of hydrogen-bond donors (Lipinski definition) is 0. The Morgan fingerprint density at radius 1 is 0.542 bits per heavy atom. The molecule has 3 atom stereocenters. The van der Waals surface area contributed by atoms with Crippen molar-refractivity contribution in [2.75, 3.05) is 0 Å². The average Bonchev–Trinajstić information content (AvgIpc) is 2.54. The van der Waals surface area contributed by atoms with Gasteiger partial charge in [-0.25, -0.2) is 0 Å². The third-order valence-electron chi connectivity index (χ3n) is 4.66. The Hall–Kier alpha value is 2.21. The molecule has 142 valence electrons. The molecule has 0 aromatic heterocycles. The van der Waals surface area contributed by atoms with Crippen molar-refractivity contribution in [3.05, 3.63) is 12.8 Å². The molecule has 0 spiro atoms. The first-order chi connectivity index (χ1) is 10.6. The van der Waals surface area contributed by atoms with Crippen molar-refractivity contribution < 1.29 is 65.4 Å². The standard InChI is InChI=1S/C13H27.C9H19.2Y/c1-5-9-12(7-3)11-13(8-4)10-6-2;1-4-7-9(6-3)8-5-2;;/h11-13H,5-10H2,1-4H3;7,9H,4-6,8H2,1-3H3;;/q2*-1;;. The van der Waals surface area contributed by atoms with Gasteiger partial charge >= 0.3 is 0 Å². The second-order valence-electron chi connectivity index (χ2n) is 6.71. The summed E-state index contributed by atoms with van der Waals surface area (Å²) in [5, 5.41) is 0. The van der Waals surface area contributed by atoms with Crippen LogP contribution in [0.2, 0.25) is 0 Å². The van der Waals surface area contributed by atoms with E-state index < -0.39 is 0 Å². The number of rotatable bonds is 13. The fourth-order valence-electron chi connectivity index (χ4n) is 3.19. The maximum atomic E-state index is 2.62. The topological polar surface area (TPSA) is 0 Å². The predicted molar refractivity (Wildman–Crippen MR) is 105 cm³/mol. The second kappa shape index (κ2) is 27.4. The van der Waals surface area contributed by atoms with E-state index in [0.29, 0.717) is 0 Å². The van der Waals surface area contributed by atoms with Crippen molar-refractivity contribution in [1.82, 2.24) is 0 Å². The maximum Gasteiger partial charge on any atom is 0 e. The molecule has 0 N–H and O–H groups in total. The second-order valence-corrected chi connectivity index (χ2v) is 6.71. The van der Waals surface area contributed by atoms with Crippen molar-refractivity contribution in [2.45, 2.75) is 113 Å². The normalized spacial score (nSPS) is 13.6. The van der Waals surface area contributed by atoms with Gasteiger partial charge < -0.3 is 12.8 Å². The van der Waals surface area contributed by atoms with Crippen LogP contribution in [-0.2, 0) is 65.4 Å². The Balaban J connectivity index is -0.000000162. The Morgan fingerprint density at radius 3 is 1.12 bits per heavy atom. The summed E-state index contributed by atoms with van der Waals surface area (Å²) in [6.07, 6.45) is 18.4. The van der Waals surface area contributed by atoms with E-state index in [0.717, 1.165) is 17.8 Å². The molecule has 0 saturated carbocycles. The molecule has 0 aliphatic rings. The molecule has 0 aliphatic carbocycles. The fraction of sp³-hybridized carbons (Fsp3) is 0.909. The van der Waals surface area contributed by atoms with E-state index in [1.165, 1.54) is 64.2 Å². The summed E-state index contributed by atoms with van der Waals surface area (Å²) >= 11 is 0. The molecular weight excluding hydrogens is 442 g/mol. The molecule has 24 heavy (non-hydrogen) atoms. The largest absolute Gasteiger partial charge is 0.326 e. The zero-order valence-electron chi connectivity index (χ0n) is 18.1. The Labute approximate surface area is 206 Å². The molecule has 0 amide bonds. The van der Waals surface area contributed by atoms with Gasteiger partial charge in [0.2, 0.25) is 0 Å². The van der Waals surface area contributed by atoms with E-state index in [1.54, 1.807) is 0 Å². The summed E-state index contributed by atoms with van der Waals surface area (Å²) in [6.45, 7) is 16.0. The van der Waals surface area contributed by atoms with Gasteiger partial charge in [0.05, 0.1) is 0 Å². The van der Waals surface area contributed by atoms with Crippen LogP contribution in [0.15, 0.2) is 0 Å². The van der Waals surface area contributed by atoms with Gasteiger partial charge in [0.15, 0.2) is 0 Å². The van der Waals surface area contributed by atoms with Gasteiger partial charge in [-0.3, -0.25) is 0 Å². The summed E-state index contributed by atoms with van der Waals surface area (Å²) in [5.74, 6) is 2.64. The summed E-state index contributed by atoms with van der Waals surface area (Å²) in [5.41, 5.74) is 0. The first-order valence-electron chi connectivity index (χ1n) is 10.3. The minimum Gasteiger partial charge on any atom is -0.326 e. The van der Waals surface area contributed by atoms with Crippen molar-refractivity contribution in [3.63, 3.8) is 0 Å². The minimum atomic E-state index is 0. The summed E-state index contributed by atoms with van der Waals surface area (Å²) in [6, 6.07) is 0. The molecule has 0 rings (SSSR count). The van der Waals surface area contributed by atoms with Crippen LogP contribution in [0.3, 0.4) is 0 Å². The van der Waals surface area contributed by atoms with Crippen molar-refractivity contribution in [2.24, 2.45) is 17.8 Å². The van der Waals surface area contributed by atoms with Gasteiger partial charge in [-0.05, 0) is 0 Å². The van der Waals surface area contributed by atoms with E-state index in [9.17, 15) is 0 Å². The monoisotopic (exact) mass is 488 g/mol. The molecule has 0 aliphatic heterocycles. The van der Waals surface area contributed by atoms with E-state index >= 15 is 0 Å². The van der Waals surface area contributed by atoms with Gasteiger partial charge in [-0.2, -0.15) is 24.2 Å². The van der Waals surface area contributed by atoms with Crippen LogP contribution in [0.1, 0.15) is 113 Å². The van der Waals surface area contributed by atoms with E-state index in [4.69, 9.17) is 0 Å². The maximum absolute atomic E-state index is 2.62. The Morgan fingerprint density at radius 2 is 0.875 bits per heavy atom. The summed E-state index contributed by atoms with van der Waals surface area (Å²) < 4.78 is 0. The van der Waals surface area contributed by atoms with E-state index in [-0.39, 0.29) is 65.4 Å². The molecule has 0 saturated heterocycles. The van der Waals surface area contributed by atoms with Crippen molar-refractivity contribution >= 4 is 0 Å². The third-order valence-corrected chi connectivity index (χ3v) is 4.66. The van der Waals surface area contributed by atoms with Crippen molar-refractivity contribution in [3.8, 4) is 0 Å². The Kier molecular flexibility index (Phi) is 38.6. The van der Waals surface area contributed by atoms with Crippen LogP contribution in [0.4, 0.5) is 0 Å².